The predicted molar refractivity (Wildman–Crippen MR) is 65.7 cm³/mol. The zero-order valence-electron chi connectivity index (χ0n) is 9.27. The van der Waals surface area contributed by atoms with Gasteiger partial charge in [-0.15, -0.1) is 11.6 Å². The fourth-order valence-corrected chi connectivity index (χ4v) is 1.74. The van der Waals surface area contributed by atoms with Crippen molar-refractivity contribution >= 4 is 11.6 Å². The van der Waals surface area contributed by atoms with E-state index in [9.17, 15) is 4.91 Å². The highest BCUT2D eigenvalue weighted by Crippen LogP contribution is 2.27. The number of rotatable bonds is 6. The second-order valence-electron chi connectivity index (χ2n) is 4.07. The van der Waals surface area contributed by atoms with E-state index in [2.05, 4.69) is 5.18 Å². The largest absolute Gasteiger partial charge is 0.394 e. The lowest BCUT2D eigenvalue weighted by Gasteiger charge is -2.25. The molecule has 1 rings (SSSR count). The number of halogens is 1. The van der Waals surface area contributed by atoms with E-state index in [1.807, 2.05) is 30.3 Å². The molecule has 4 heteroatoms. The summed E-state index contributed by atoms with van der Waals surface area (Å²) in [6.07, 6.45) is 1.38. The normalized spacial score (nSPS) is 16.4. The summed E-state index contributed by atoms with van der Waals surface area (Å²) in [7, 11) is 0. The predicted octanol–water partition coefficient (Wildman–Crippen LogP) is 2.74. The second kappa shape index (κ2) is 5.97. The monoisotopic (exact) mass is 241 g/mol. The van der Waals surface area contributed by atoms with Crippen LogP contribution >= 0.6 is 11.6 Å². The number of hydrogen-bond donors (Lipinski definition) is 1. The van der Waals surface area contributed by atoms with Gasteiger partial charge in [-0.2, -0.15) is 4.91 Å². The minimum atomic E-state index is -0.785. The SMILES string of the molecule is CC(Cl)(CCc1ccccc1)C(CO)N=O. The smallest absolute Gasteiger partial charge is 0.134 e. The van der Waals surface area contributed by atoms with Gasteiger partial charge >= 0.3 is 0 Å². The molecule has 16 heavy (non-hydrogen) atoms. The molecule has 1 aromatic rings. The molecule has 1 aromatic carbocycles. The van der Waals surface area contributed by atoms with Crippen LogP contribution in [0.3, 0.4) is 0 Å². The van der Waals surface area contributed by atoms with E-state index in [1.165, 1.54) is 0 Å². The van der Waals surface area contributed by atoms with Crippen LogP contribution in [0.5, 0.6) is 0 Å². The van der Waals surface area contributed by atoms with Crippen molar-refractivity contribution in [1.82, 2.24) is 0 Å². The van der Waals surface area contributed by atoms with E-state index in [4.69, 9.17) is 16.7 Å². The molecule has 0 bridgehead atoms. The molecule has 0 aliphatic heterocycles. The van der Waals surface area contributed by atoms with Crippen LogP contribution in [-0.4, -0.2) is 22.6 Å². The lowest BCUT2D eigenvalue weighted by Crippen LogP contribution is -2.35. The van der Waals surface area contributed by atoms with Gasteiger partial charge in [-0.25, -0.2) is 0 Å². The molecule has 0 radical (unpaired) electrons. The van der Waals surface area contributed by atoms with Crippen LogP contribution in [0.25, 0.3) is 0 Å². The molecule has 0 fully saturated rings. The number of hydrogen-bond acceptors (Lipinski definition) is 3. The molecule has 0 aliphatic rings. The Morgan fingerprint density at radius 2 is 2.06 bits per heavy atom. The lowest BCUT2D eigenvalue weighted by molar-refractivity contribution is 0.238. The van der Waals surface area contributed by atoms with E-state index in [1.54, 1.807) is 6.92 Å². The molecule has 3 nitrogen and oxygen atoms in total. The van der Waals surface area contributed by atoms with Crippen LogP contribution in [0.15, 0.2) is 35.5 Å². The zero-order valence-corrected chi connectivity index (χ0v) is 10.0. The van der Waals surface area contributed by atoms with Gasteiger partial charge in [0.2, 0.25) is 0 Å². The number of nitrogens with zero attached hydrogens (tertiary/aromatic N) is 1. The Balaban J connectivity index is 2.56. The molecule has 0 amide bonds. The van der Waals surface area contributed by atoms with Crippen LogP contribution in [0.2, 0.25) is 0 Å². The topological polar surface area (TPSA) is 49.7 Å². The maximum Gasteiger partial charge on any atom is 0.134 e. The lowest BCUT2D eigenvalue weighted by atomic mass is 9.94. The number of benzene rings is 1. The Kier molecular flexibility index (Phi) is 4.90. The standard InChI is InChI=1S/C12H16ClNO2/c1-12(13,11(9-15)14-16)8-7-10-5-3-2-4-6-10/h2-6,11,15H,7-9H2,1H3. The summed E-state index contributed by atoms with van der Waals surface area (Å²) in [4.78, 5) is 9.71. The van der Waals surface area contributed by atoms with E-state index in [0.29, 0.717) is 6.42 Å². The van der Waals surface area contributed by atoms with E-state index in [0.717, 1.165) is 12.0 Å². The highest BCUT2D eigenvalue weighted by Gasteiger charge is 2.32. The Morgan fingerprint density at radius 1 is 1.44 bits per heavy atom. The molecule has 1 N–H and O–H groups in total. The molecule has 2 atom stereocenters. The third kappa shape index (κ3) is 3.58. The van der Waals surface area contributed by atoms with Gasteiger partial charge in [0.05, 0.1) is 11.5 Å². The fourth-order valence-electron chi connectivity index (χ4n) is 1.53. The number of aliphatic hydroxyl groups is 1. The summed E-state index contributed by atoms with van der Waals surface area (Å²) in [6, 6.07) is 9.14. The molecular formula is C12H16ClNO2. The number of aliphatic hydroxyl groups excluding tert-OH is 1. The molecular weight excluding hydrogens is 226 g/mol. The molecule has 88 valence electrons. The van der Waals surface area contributed by atoms with Crippen molar-refractivity contribution in [3.05, 3.63) is 40.8 Å². The van der Waals surface area contributed by atoms with E-state index >= 15 is 0 Å². The van der Waals surface area contributed by atoms with E-state index in [-0.39, 0.29) is 6.61 Å². The Hall–Kier alpha value is -0.930. The molecule has 0 spiro atoms. The molecule has 0 saturated heterocycles. The molecule has 0 aliphatic carbocycles. The second-order valence-corrected chi connectivity index (χ2v) is 4.93. The summed E-state index contributed by atoms with van der Waals surface area (Å²) in [5.74, 6) is 0. The van der Waals surface area contributed by atoms with Crippen LogP contribution in [0.1, 0.15) is 18.9 Å². The van der Waals surface area contributed by atoms with Crippen LogP contribution in [-0.2, 0) is 6.42 Å². The average molecular weight is 242 g/mol. The van der Waals surface area contributed by atoms with Crippen LogP contribution in [0, 0.1) is 4.91 Å². The molecule has 0 saturated carbocycles. The summed E-state index contributed by atoms with van der Waals surface area (Å²) in [6.45, 7) is 1.43. The quantitative estimate of drug-likeness (QED) is 0.615. The Morgan fingerprint density at radius 3 is 2.56 bits per heavy atom. The first kappa shape index (κ1) is 13.1. The van der Waals surface area contributed by atoms with Crippen molar-refractivity contribution in [2.45, 2.75) is 30.7 Å². The van der Waals surface area contributed by atoms with Crippen molar-refractivity contribution in [3.63, 3.8) is 0 Å². The Labute approximate surface area is 100 Å². The van der Waals surface area contributed by atoms with Crippen LogP contribution in [0.4, 0.5) is 0 Å². The summed E-state index contributed by atoms with van der Waals surface area (Å²) in [5.41, 5.74) is 1.16. The average Bonchev–Trinajstić information content (AvgIpc) is 2.29. The van der Waals surface area contributed by atoms with Gasteiger partial charge in [0, 0.05) is 0 Å². The minimum absolute atomic E-state index is 0.307. The molecule has 2 unspecified atom stereocenters. The fraction of sp³-hybridized carbons (Fsp3) is 0.500. The van der Waals surface area contributed by atoms with Gasteiger partial charge in [0.25, 0.3) is 0 Å². The van der Waals surface area contributed by atoms with Gasteiger partial charge in [0.15, 0.2) is 0 Å². The van der Waals surface area contributed by atoms with Gasteiger partial charge in [-0.3, -0.25) is 0 Å². The first-order chi connectivity index (χ1) is 7.60. The summed E-state index contributed by atoms with van der Waals surface area (Å²) < 4.78 is 0. The van der Waals surface area contributed by atoms with Crippen molar-refractivity contribution in [1.29, 1.82) is 0 Å². The number of aryl methyl sites for hydroxylation is 1. The molecule has 0 heterocycles. The Bertz CT molecular complexity index is 327. The zero-order chi connectivity index (χ0) is 12.0. The maximum absolute atomic E-state index is 10.5. The third-order valence-corrected chi connectivity index (χ3v) is 3.18. The van der Waals surface area contributed by atoms with Crippen LogP contribution < -0.4 is 0 Å². The number of alkyl halides is 1. The summed E-state index contributed by atoms with van der Waals surface area (Å²) >= 11 is 6.20. The van der Waals surface area contributed by atoms with Gasteiger partial charge in [0.1, 0.15) is 6.04 Å². The van der Waals surface area contributed by atoms with Crippen molar-refractivity contribution in [2.75, 3.05) is 6.61 Å². The summed E-state index contributed by atoms with van der Waals surface area (Å²) in [5, 5.41) is 11.8. The third-order valence-electron chi connectivity index (χ3n) is 2.74. The molecule has 0 aromatic heterocycles. The number of nitroso groups, excluding NO2 is 1. The van der Waals surface area contributed by atoms with Crippen molar-refractivity contribution in [3.8, 4) is 0 Å². The highest BCUT2D eigenvalue weighted by molar-refractivity contribution is 6.24. The van der Waals surface area contributed by atoms with Gasteiger partial charge < -0.3 is 5.11 Å². The van der Waals surface area contributed by atoms with Gasteiger partial charge in [-0.1, -0.05) is 35.5 Å². The van der Waals surface area contributed by atoms with Gasteiger partial charge in [-0.05, 0) is 25.3 Å². The minimum Gasteiger partial charge on any atom is -0.394 e. The maximum atomic E-state index is 10.5. The highest BCUT2D eigenvalue weighted by atomic mass is 35.5. The van der Waals surface area contributed by atoms with Crippen molar-refractivity contribution < 1.29 is 5.11 Å². The van der Waals surface area contributed by atoms with Crippen molar-refractivity contribution in [2.24, 2.45) is 5.18 Å². The first-order valence-corrected chi connectivity index (χ1v) is 5.64. The first-order valence-electron chi connectivity index (χ1n) is 5.26. The van der Waals surface area contributed by atoms with E-state index < -0.39 is 10.9 Å².